The highest BCUT2D eigenvalue weighted by Crippen LogP contribution is 2.07. The summed E-state index contributed by atoms with van der Waals surface area (Å²) in [6, 6.07) is 0. The molecule has 0 radical (unpaired) electrons. The molecule has 0 aliphatic rings. The Hall–Kier alpha value is -0.680. The van der Waals surface area contributed by atoms with E-state index >= 15 is 0 Å². The lowest BCUT2D eigenvalue weighted by Crippen LogP contribution is -2.52. The summed E-state index contributed by atoms with van der Waals surface area (Å²) < 4.78 is 12.3. The van der Waals surface area contributed by atoms with Crippen LogP contribution in [-0.4, -0.2) is 28.1 Å². The van der Waals surface area contributed by atoms with Crippen LogP contribution in [0.25, 0.3) is 0 Å². The third-order valence-electron chi connectivity index (χ3n) is 0.936. The topological polar surface area (TPSA) is 83.5 Å². The molecule has 0 fully saturated rings. The number of nitrogens with two attached hydrogens (primary N) is 1. The molecule has 0 heterocycles. The molecule has 0 aromatic heterocycles. The van der Waals surface area contributed by atoms with Crippen molar-refractivity contribution in [3.63, 3.8) is 0 Å². The van der Waals surface area contributed by atoms with E-state index in [9.17, 15) is 9.18 Å². The number of rotatable bonds is 2. The Morgan fingerprint density at radius 3 is 2.22 bits per heavy atom. The number of alkyl halides is 1. The molecule has 0 amide bonds. The fraction of sp³-hybridized carbons (Fsp3) is 0.750. The zero-order valence-corrected chi connectivity index (χ0v) is 4.84. The number of carboxylic acid groups (broad SMARTS) is 1. The Labute approximate surface area is 51.1 Å². The van der Waals surface area contributed by atoms with E-state index in [1.165, 1.54) is 0 Å². The number of carboxylic acids is 1. The summed E-state index contributed by atoms with van der Waals surface area (Å²) in [5.74, 6) is -4.89. The largest absolute Gasteiger partial charge is 0.478 e. The van der Waals surface area contributed by atoms with E-state index in [2.05, 4.69) is 5.73 Å². The molecule has 0 aromatic carbocycles. The summed E-state index contributed by atoms with van der Waals surface area (Å²) in [7, 11) is 0. The van der Waals surface area contributed by atoms with Crippen molar-refractivity contribution in [2.24, 2.45) is 5.73 Å². The van der Waals surface area contributed by atoms with Gasteiger partial charge in [0.05, 0.1) is 0 Å². The summed E-state index contributed by atoms with van der Waals surface area (Å²) >= 11 is 0. The molecular formula is C4H8FNO3. The number of hydrogen-bond acceptors (Lipinski definition) is 3. The number of aliphatic hydroxyl groups is 1. The van der Waals surface area contributed by atoms with Crippen molar-refractivity contribution in [3.8, 4) is 0 Å². The van der Waals surface area contributed by atoms with Gasteiger partial charge in [-0.05, 0) is 6.92 Å². The van der Waals surface area contributed by atoms with Crippen molar-refractivity contribution in [1.29, 1.82) is 0 Å². The van der Waals surface area contributed by atoms with Gasteiger partial charge in [0.25, 0.3) is 5.79 Å². The second kappa shape index (κ2) is 2.28. The van der Waals surface area contributed by atoms with Gasteiger partial charge in [0.2, 0.25) is 0 Å². The van der Waals surface area contributed by atoms with Crippen molar-refractivity contribution < 1.29 is 19.4 Å². The minimum absolute atomic E-state index is 0.966. The fourth-order valence-electron chi connectivity index (χ4n) is 0.179. The molecule has 2 atom stereocenters. The SMILES string of the molecule is C[C@H](O)[C@](N)(F)C(=O)O. The maximum Gasteiger partial charge on any atom is 0.359 e. The van der Waals surface area contributed by atoms with Gasteiger partial charge in [0, 0.05) is 0 Å². The molecule has 0 saturated heterocycles. The number of carbonyl (C=O) groups is 1. The first kappa shape index (κ1) is 8.32. The molecule has 5 heteroatoms. The molecule has 4 N–H and O–H groups in total. The molecule has 0 aromatic rings. The van der Waals surface area contributed by atoms with Crippen LogP contribution in [0.15, 0.2) is 0 Å². The van der Waals surface area contributed by atoms with E-state index in [0.717, 1.165) is 6.92 Å². The van der Waals surface area contributed by atoms with Crippen LogP contribution in [0.1, 0.15) is 6.92 Å². The van der Waals surface area contributed by atoms with Crippen molar-refractivity contribution in [3.05, 3.63) is 0 Å². The van der Waals surface area contributed by atoms with E-state index in [0.29, 0.717) is 0 Å². The zero-order valence-electron chi connectivity index (χ0n) is 4.84. The molecule has 0 rings (SSSR count). The van der Waals surface area contributed by atoms with Crippen LogP contribution in [0.4, 0.5) is 4.39 Å². The van der Waals surface area contributed by atoms with Gasteiger partial charge in [-0.25, -0.2) is 9.18 Å². The Balaban J connectivity index is 4.19. The van der Waals surface area contributed by atoms with Crippen LogP contribution in [-0.2, 0) is 4.79 Å². The summed E-state index contributed by atoms with van der Waals surface area (Å²) in [4.78, 5) is 9.80. The lowest BCUT2D eigenvalue weighted by Gasteiger charge is -2.16. The molecule has 9 heavy (non-hydrogen) atoms. The lowest BCUT2D eigenvalue weighted by molar-refractivity contribution is -0.158. The third-order valence-corrected chi connectivity index (χ3v) is 0.936. The number of aliphatic hydroxyl groups excluding tert-OH is 1. The molecule has 0 saturated carbocycles. The van der Waals surface area contributed by atoms with E-state index in [-0.39, 0.29) is 0 Å². The van der Waals surface area contributed by atoms with Gasteiger partial charge in [-0.1, -0.05) is 0 Å². The van der Waals surface area contributed by atoms with Gasteiger partial charge in [-0.15, -0.1) is 0 Å². The van der Waals surface area contributed by atoms with Gasteiger partial charge >= 0.3 is 5.97 Å². The van der Waals surface area contributed by atoms with Gasteiger partial charge in [-0.2, -0.15) is 0 Å². The maximum absolute atomic E-state index is 12.3. The van der Waals surface area contributed by atoms with E-state index in [1.807, 2.05) is 0 Å². The van der Waals surface area contributed by atoms with E-state index in [1.54, 1.807) is 0 Å². The maximum atomic E-state index is 12.3. The van der Waals surface area contributed by atoms with Gasteiger partial charge in [0.15, 0.2) is 0 Å². The van der Waals surface area contributed by atoms with Crippen LogP contribution >= 0.6 is 0 Å². The first-order valence-electron chi connectivity index (χ1n) is 2.28. The molecule has 0 spiro atoms. The molecule has 4 nitrogen and oxygen atoms in total. The lowest BCUT2D eigenvalue weighted by atomic mass is 10.2. The smallest absolute Gasteiger partial charge is 0.359 e. The Bertz CT molecular complexity index is 123. The Kier molecular flexibility index (Phi) is 2.11. The summed E-state index contributed by atoms with van der Waals surface area (Å²) in [6.45, 7) is 0.966. The van der Waals surface area contributed by atoms with Crippen LogP contribution < -0.4 is 5.73 Å². The molecule has 0 unspecified atom stereocenters. The first-order chi connectivity index (χ1) is 3.89. The van der Waals surface area contributed by atoms with Crippen LogP contribution in [0, 0.1) is 0 Å². The van der Waals surface area contributed by atoms with Gasteiger partial charge < -0.3 is 10.2 Å². The molecular weight excluding hydrogens is 129 g/mol. The molecule has 0 bridgehead atoms. The summed E-state index contributed by atoms with van der Waals surface area (Å²) in [5, 5.41) is 16.3. The monoisotopic (exact) mass is 137 g/mol. The predicted octanol–water partition coefficient (Wildman–Crippen LogP) is -0.924. The van der Waals surface area contributed by atoms with E-state index in [4.69, 9.17) is 10.2 Å². The van der Waals surface area contributed by atoms with Gasteiger partial charge in [0.1, 0.15) is 6.10 Å². The first-order valence-corrected chi connectivity index (χ1v) is 2.28. The highest BCUT2D eigenvalue weighted by atomic mass is 19.1. The van der Waals surface area contributed by atoms with Crippen molar-refractivity contribution >= 4 is 5.97 Å². The second-order valence-corrected chi connectivity index (χ2v) is 1.75. The van der Waals surface area contributed by atoms with Crippen molar-refractivity contribution in [1.82, 2.24) is 0 Å². The average molecular weight is 137 g/mol. The Morgan fingerprint density at radius 2 is 2.22 bits per heavy atom. The Morgan fingerprint density at radius 1 is 1.89 bits per heavy atom. The van der Waals surface area contributed by atoms with Crippen molar-refractivity contribution in [2.75, 3.05) is 0 Å². The van der Waals surface area contributed by atoms with E-state index < -0.39 is 17.9 Å². The fourth-order valence-corrected chi connectivity index (χ4v) is 0.179. The number of hydrogen-bond donors (Lipinski definition) is 3. The number of halogens is 1. The molecule has 54 valence electrons. The highest BCUT2D eigenvalue weighted by Gasteiger charge is 2.39. The average Bonchev–Trinajstić information content (AvgIpc) is 1.65. The third kappa shape index (κ3) is 1.62. The van der Waals surface area contributed by atoms with Crippen molar-refractivity contribution in [2.45, 2.75) is 18.8 Å². The molecule has 0 aliphatic heterocycles. The van der Waals surface area contributed by atoms with Gasteiger partial charge in [-0.3, -0.25) is 5.73 Å². The summed E-state index contributed by atoms with van der Waals surface area (Å²) in [6.07, 6.45) is -1.70. The minimum atomic E-state index is -3.03. The van der Waals surface area contributed by atoms with Crippen LogP contribution in [0.5, 0.6) is 0 Å². The summed E-state index contributed by atoms with van der Waals surface area (Å²) in [5.41, 5.74) is 4.49. The normalized spacial score (nSPS) is 20.4. The number of aliphatic carboxylic acids is 1. The van der Waals surface area contributed by atoms with Crippen LogP contribution in [0.2, 0.25) is 0 Å². The standard InChI is InChI=1S/C4H8FNO3/c1-2(7)4(5,6)3(8)9/h2,7H,6H2,1H3,(H,8,9)/t2-,4+/m0/s1. The minimum Gasteiger partial charge on any atom is -0.478 e. The second-order valence-electron chi connectivity index (χ2n) is 1.75. The highest BCUT2D eigenvalue weighted by molar-refractivity contribution is 5.77. The van der Waals surface area contributed by atoms with Crippen LogP contribution in [0.3, 0.4) is 0 Å². The molecule has 0 aliphatic carbocycles. The predicted molar refractivity (Wildman–Crippen MR) is 27.3 cm³/mol. The zero-order chi connectivity index (χ0) is 7.65. The quantitative estimate of drug-likeness (QED) is 0.429.